The van der Waals surface area contributed by atoms with Crippen LogP contribution < -0.4 is 9.47 Å². The molecule has 0 amide bonds. The molecule has 6 nitrogen and oxygen atoms in total. The van der Waals surface area contributed by atoms with Crippen molar-refractivity contribution in [3.8, 4) is 11.5 Å². The minimum Gasteiger partial charge on any atom is -0.497 e. The van der Waals surface area contributed by atoms with E-state index in [1.807, 2.05) is 35.8 Å². The van der Waals surface area contributed by atoms with Crippen LogP contribution in [0.3, 0.4) is 0 Å². The Kier molecular flexibility index (Phi) is 7.65. The van der Waals surface area contributed by atoms with Crippen LogP contribution in [-0.4, -0.2) is 54.8 Å². The number of benzene rings is 2. The number of carbonyl (C=O) groups is 1. The van der Waals surface area contributed by atoms with Gasteiger partial charge < -0.3 is 14.6 Å². The first-order valence-corrected chi connectivity index (χ1v) is 12.3. The maximum absolute atomic E-state index is 11.5. The molecule has 1 unspecified atom stereocenters. The van der Waals surface area contributed by atoms with Crippen LogP contribution in [0.5, 0.6) is 11.5 Å². The number of ether oxygens (including phenoxy) is 2. The SMILES string of the molecule is COc1ccc(C(/C=C/CN2CCCC(C(=O)O)C2)(c2ccc(OC)cc2)c2nccs2)cc1. The zero-order valence-electron chi connectivity index (χ0n) is 19.5. The van der Waals surface area contributed by atoms with Crippen LogP contribution in [0, 0.1) is 5.92 Å². The van der Waals surface area contributed by atoms with Crippen molar-refractivity contribution in [3.63, 3.8) is 0 Å². The molecule has 1 atom stereocenters. The summed E-state index contributed by atoms with van der Waals surface area (Å²) >= 11 is 1.61. The minimum absolute atomic E-state index is 0.297. The van der Waals surface area contributed by atoms with Gasteiger partial charge in [-0.15, -0.1) is 11.3 Å². The van der Waals surface area contributed by atoms with E-state index in [2.05, 4.69) is 41.3 Å². The Morgan fingerprint density at radius 2 is 1.74 bits per heavy atom. The van der Waals surface area contributed by atoms with Crippen molar-refractivity contribution in [1.29, 1.82) is 0 Å². The lowest BCUT2D eigenvalue weighted by atomic mass is 9.74. The Labute approximate surface area is 204 Å². The van der Waals surface area contributed by atoms with E-state index >= 15 is 0 Å². The molecule has 0 saturated carbocycles. The number of carboxylic acids is 1. The molecule has 0 bridgehead atoms. The van der Waals surface area contributed by atoms with E-state index in [1.54, 1.807) is 25.6 Å². The first-order chi connectivity index (χ1) is 16.6. The van der Waals surface area contributed by atoms with Gasteiger partial charge in [-0.05, 0) is 54.8 Å². The highest BCUT2D eigenvalue weighted by Crippen LogP contribution is 2.42. The second-order valence-electron chi connectivity index (χ2n) is 8.44. The molecule has 4 rings (SSSR count). The number of piperidine rings is 1. The molecule has 2 heterocycles. The topological polar surface area (TPSA) is 71.9 Å². The molecule has 7 heteroatoms. The second kappa shape index (κ2) is 10.8. The summed E-state index contributed by atoms with van der Waals surface area (Å²) in [7, 11) is 3.32. The minimum atomic E-state index is -0.706. The standard InChI is InChI=1S/C27H30N2O4S/c1-32-23-10-6-21(7-11-23)27(26-28-15-18-34-26,22-8-12-24(33-2)13-9-22)14-4-17-29-16-3-5-20(19-29)25(30)31/h4,6-15,18,20H,3,5,16-17,19H2,1-2H3,(H,30,31)/b14-4+. The highest BCUT2D eigenvalue weighted by atomic mass is 32.1. The molecule has 1 aromatic heterocycles. The highest BCUT2D eigenvalue weighted by molar-refractivity contribution is 7.09. The summed E-state index contributed by atoms with van der Waals surface area (Å²) in [6, 6.07) is 16.2. The average Bonchev–Trinajstić information content (AvgIpc) is 3.42. The van der Waals surface area contributed by atoms with Crippen LogP contribution in [-0.2, 0) is 10.2 Å². The molecule has 0 spiro atoms. The zero-order valence-corrected chi connectivity index (χ0v) is 20.3. The number of rotatable bonds is 9. The van der Waals surface area contributed by atoms with Crippen molar-refractivity contribution < 1.29 is 19.4 Å². The van der Waals surface area contributed by atoms with Gasteiger partial charge in [0, 0.05) is 24.7 Å². The number of thiazole rings is 1. The first kappa shape index (κ1) is 24.0. The molecule has 1 saturated heterocycles. The molecular weight excluding hydrogens is 448 g/mol. The highest BCUT2D eigenvalue weighted by Gasteiger charge is 2.36. The average molecular weight is 479 g/mol. The third-order valence-corrected chi connectivity index (χ3v) is 7.36. The molecule has 1 aliphatic rings. The van der Waals surface area contributed by atoms with Gasteiger partial charge >= 0.3 is 5.97 Å². The predicted molar refractivity (Wildman–Crippen MR) is 134 cm³/mol. The van der Waals surface area contributed by atoms with E-state index in [4.69, 9.17) is 14.5 Å². The lowest BCUT2D eigenvalue weighted by Crippen LogP contribution is -2.38. The molecule has 34 heavy (non-hydrogen) atoms. The number of hydrogen-bond acceptors (Lipinski definition) is 6. The Morgan fingerprint density at radius 1 is 1.12 bits per heavy atom. The fourth-order valence-electron chi connectivity index (χ4n) is 4.60. The van der Waals surface area contributed by atoms with Crippen molar-refractivity contribution in [2.24, 2.45) is 5.92 Å². The predicted octanol–water partition coefficient (Wildman–Crippen LogP) is 4.85. The van der Waals surface area contributed by atoms with E-state index in [0.29, 0.717) is 13.1 Å². The third-order valence-electron chi connectivity index (χ3n) is 6.45. The Hall–Kier alpha value is -3.16. The van der Waals surface area contributed by atoms with Crippen LogP contribution >= 0.6 is 11.3 Å². The lowest BCUT2D eigenvalue weighted by molar-refractivity contribution is -0.143. The maximum Gasteiger partial charge on any atom is 0.307 e. The molecule has 1 aliphatic heterocycles. The number of aliphatic carboxylic acids is 1. The summed E-state index contributed by atoms with van der Waals surface area (Å²) in [6.45, 7) is 2.17. The molecular formula is C27H30N2O4S. The maximum atomic E-state index is 11.5. The number of aromatic nitrogens is 1. The fraction of sp³-hybridized carbons (Fsp3) is 0.333. The Bertz CT molecular complexity index is 1050. The zero-order chi connectivity index (χ0) is 24.0. The van der Waals surface area contributed by atoms with Crippen LogP contribution in [0.15, 0.2) is 72.3 Å². The summed E-state index contributed by atoms with van der Waals surface area (Å²) in [5.41, 5.74) is 1.55. The molecule has 1 fully saturated rings. The number of methoxy groups -OCH3 is 2. The summed E-state index contributed by atoms with van der Waals surface area (Å²) in [5, 5.41) is 12.4. The van der Waals surface area contributed by atoms with Gasteiger partial charge in [-0.25, -0.2) is 4.98 Å². The molecule has 3 aromatic rings. The summed E-state index contributed by atoms with van der Waals surface area (Å²) in [6.07, 6.45) is 7.84. The van der Waals surface area contributed by atoms with Crippen LogP contribution in [0.2, 0.25) is 0 Å². The van der Waals surface area contributed by atoms with Crippen molar-refractivity contribution >= 4 is 17.3 Å². The largest absolute Gasteiger partial charge is 0.497 e. The van der Waals surface area contributed by atoms with E-state index in [9.17, 15) is 9.90 Å². The van der Waals surface area contributed by atoms with Gasteiger partial charge in [0.05, 0.1) is 25.6 Å². The molecule has 2 aromatic carbocycles. The van der Waals surface area contributed by atoms with Crippen LogP contribution in [0.25, 0.3) is 0 Å². The van der Waals surface area contributed by atoms with Crippen molar-refractivity contribution in [3.05, 3.63) is 88.4 Å². The van der Waals surface area contributed by atoms with Gasteiger partial charge in [0.1, 0.15) is 16.5 Å². The van der Waals surface area contributed by atoms with Crippen LogP contribution in [0.4, 0.5) is 0 Å². The first-order valence-electron chi connectivity index (χ1n) is 11.4. The van der Waals surface area contributed by atoms with Crippen molar-refractivity contribution in [2.75, 3.05) is 33.9 Å². The quantitative estimate of drug-likeness (QED) is 0.444. The summed E-state index contributed by atoms with van der Waals surface area (Å²) < 4.78 is 10.8. The van der Waals surface area contributed by atoms with E-state index in [1.165, 1.54) is 0 Å². The van der Waals surface area contributed by atoms with Gasteiger partial charge in [0.15, 0.2) is 0 Å². The number of hydrogen-bond donors (Lipinski definition) is 1. The van der Waals surface area contributed by atoms with Crippen LogP contribution in [0.1, 0.15) is 29.0 Å². The normalized spacial score (nSPS) is 17.1. The number of allylic oxidation sites excluding steroid dienone is 1. The Morgan fingerprint density at radius 3 is 2.24 bits per heavy atom. The smallest absolute Gasteiger partial charge is 0.307 e. The van der Waals surface area contributed by atoms with Crippen molar-refractivity contribution in [2.45, 2.75) is 18.3 Å². The summed E-state index contributed by atoms with van der Waals surface area (Å²) in [5.74, 6) is 0.586. The Balaban J connectivity index is 1.75. The third kappa shape index (κ3) is 5.00. The van der Waals surface area contributed by atoms with Crippen molar-refractivity contribution in [1.82, 2.24) is 9.88 Å². The van der Waals surface area contributed by atoms with Gasteiger partial charge in [0.25, 0.3) is 0 Å². The number of likely N-dealkylation sites (tertiary alicyclic amines) is 1. The monoisotopic (exact) mass is 478 g/mol. The number of nitrogens with zero attached hydrogens (tertiary/aromatic N) is 2. The fourth-order valence-corrected chi connectivity index (χ4v) is 5.47. The van der Waals surface area contributed by atoms with E-state index < -0.39 is 11.4 Å². The molecule has 178 valence electrons. The van der Waals surface area contributed by atoms with Gasteiger partial charge in [-0.3, -0.25) is 9.69 Å². The number of carboxylic acid groups (broad SMARTS) is 1. The molecule has 0 radical (unpaired) electrons. The lowest BCUT2D eigenvalue weighted by Gasteiger charge is -2.32. The van der Waals surface area contributed by atoms with Gasteiger partial charge in [-0.2, -0.15) is 0 Å². The van der Waals surface area contributed by atoms with E-state index in [0.717, 1.165) is 47.0 Å². The van der Waals surface area contributed by atoms with E-state index in [-0.39, 0.29) is 5.92 Å². The molecule has 0 aliphatic carbocycles. The molecule has 1 N–H and O–H groups in total. The van der Waals surface area contributed by atoms with Gasteiger partial charge in [0.2, 0.25) is 0 Å². The summed E-state index contributed by atoms with van der Waals surface area (Å²) in [4.78, 5) is 18.4. The van der Waals surface area contributed by atoms with Gasteiger partial charge in [-0.1, -0.05) is 36.4 Å². The second-order valence-corrected chi connectivity index (χ2v) is 9.34.